The van der Waals surface area contributed by atoms with Gasteiger partial charge in [0.1, 0.15) is 0 Å². The molecular weight excluding hydrogens is 244 g/mol. The quantitative estimate of drug-likeness (QED) is 0.622. The number of carboxylic acids is 1. The SMILES string of the molecule is CC(C)C[C@H](CNC(=O)CC1CCCN1)CC(=O)O. The van der Waals surface area contributed by atoms with Gasteiger partial charge in [-0.15, -0.1) is 0 Å². The summed E-state index contributed by atoms with van der Waals surface area (Å²) in [4.78, 5) is 22.6. The van der Waals surface area contributed by atoms with Crippen molar-refractivity contribution in [3.8, 4) is 0 Å². The highest BCUT2D eigenvalue weighted by Crippen LogP contribution is 2.15. The molecule has 1 rings (SSSR count). The number of rotatable bonds is 8. The molecule has 1 saturated heterocycles. The van der Waals surface area contributed by atoms with Crippen molar-refractivity contribution >= 4 is 11.9 Å². The Hall–Kier alpha value is -1.10. The van der Waals surface area contributed by atoms with Crippen LogP contribution >= 0.6 is 0 Å². The Morgan fingerprint density at radius 2 is 2.16 bits per heavy atom. The first-order chi connectivity index (χ1) is 8.97. The van der Waals surface area contributed by atoms with E-state index < -0.39 is 5.97 Å². The summed E-state index contributed by atoms with van der Waals surface area (Å²) in [5.74, 6) is -0.299. The van der Waals surface area contributed by atoms with Crippen LogP contribution in [0.2, 0.25) is 0 Å². The van der Waals surface area contributed by atoms with Crippen LogP contribution < -0.4 is 10.6 Å². The topological polar surface area (TPSA) is 78.4 Å². The highest BCUT2D eigenvalue weighted by Gasteiger charge is 2.19. The second kappa shape index (κ2) is 8.15. The predicted molar refractivity (Wildman–Crippen MR) is 73.8 cm³/mol. The number of hydrogen-bond donors (Lipinski definition) is 3. The van der Waals surface area contributed by atoms with Crippen molar-refractivity contribution in [3.05, 3.63) is 0 Å². The summed E-state index contributed by atoms with van der Waals surface area (Å²) < 4.78 is 0. The minimum absolute atomic E-state index is 0.0259. The number of carboxylic acid groups (broad SMARTS) is 1. The molecule has 19 heavy (non-hydrogen) atoms. The zero-order valence-corrected chi connectivity index (χ0v) is 11.9. The summed E-state index contributed by atoms with van der Waals surface area (Å²) >= 11 is 0. The summed E-state index contributed by atoms with van der Waals surface area (Å²) in [6.07, 6.45) is 3.64. The van der Waals surface area contributed by atoms with Gasteiger partial charge in [0.15, 0.2) is 0 Å². The molecule has 0 saturated carbocycles. The predicted octanol–water partition coefficient (Wildman–Crippen LogP) is 1.38. The molecule has 1 aliphatic rings. The Morgan fingerprint density at radius 3 is 2.68 bits per heavy atom. The van der Waals surface area contributed by atoms with Crippen LogP contribution in [-0.2, 0) is 9.59 Å². The van der Waals surface area contributed by atoms with Gasteiger partial charge < -0.3 is 15.7 Å². The van der Waals surface area contributed by atoms with E-state index in [1.807, 2.05) is 0 Å². The Morgan fingerprint density at radius 1 is 1.42 bits per heavy atom. The molecule has 0 aromatic carbocycles. The van der Waals surface area contributed by atoms with Crippen molar-refractivity contribution in [2.75, 3.05) is 13.1 Å². The second-order valence-corrected chi connectivity index (χ2v) is 5.89. The van der Waals surface area contributed by atoms with Crippen molar-refractivity contribution in [3.63, 3.8) is 0 Å². The van der Waals surface area contributed by atoms with Crippen LogP contribution in [0.5, 0.6) is 0 Å². The molecule has 2 atom stereocenters. The minimum Gasteiger partial charge on any atom is -0.481 e. The van der Waals surface area contributed by atoms with Crippen molar-refractivity contribution in [2.24, 2.45) is 11.8 Å². The molecule has 1 heterocycles. The van der Waals surface area contributed by atoms with E-state index in [1.165, 1.54) is 0 Å². The summed E-state index contributed by atoms with van der Waals surface area (Å²) in [5, 5.41) is 15.0. The third-order valence-electron chi connectivity index (χ3n) is 3.45. The van der Waals surface area contributed by atoms with Crippen LogP contribution in [0, 0.1) is 11.8 Å². The molecule has 0 radical (unpaired) electrons. The van der Waals surface area contributed by atoms with E-state index >= 15 is 0 Å². The monoisotopic (exact) mass is 270 g/mol. The molecule has 5 heteroatoms. The van der Waals surface area contributed by atoms with Gasteiger partial charge in [-0.25, -0.2) is 0 Å². The van der Waals surface area contributed by atoms with Gasteiger partial charge in [-0.05, 0) is 37.6 Å². The highest BCUT2D eigenvalue weighted by molar-refractivity contribution is 5.76. The van der Waals surface area contributed by atoms with Gasteiger partial charge in [0.2, 0.25) is 5.91 Å². The minimum atomic E-state index is -0.794. The molecule has 1 fully saturated rings. The fraction of sp³-hybridized carbons (Fsp3) is 0.857. The molecule has 1 unspecified atom stereocenters. The van der Waals surface area contributed by atoms with Crippen molar-refractivity contribution in [2.45, 2.75) is 52.0 Å². The zero-order valence-electron chi connectivity index (χ0n) is 11.9. The van der Waals surface area contributed by atoms with Crippen LogP contribution in [0.3, 0.4) is 0 Å². The number of amides is 1. The molecule has 5 nitrogen and oxygen atoms in total. The zero-order chi connectivity index (χ0) is 14.3. The standard InChI is InChI=1S/C14H26N2O3/c1-10(2)6-11(7-14(18)19)9-16-13(17)8-12-4-3-5-15-12/h10-12,15H,3-9H2,1-2H3,(H,16,17)(H,18,19)/t11-,12?/m0/s1. The lowest BCUT2D eigenvalue weighted by Crippen LogP contribution is -2.35. The van der Waals surface area contributed by atoms with E-state index in [0.29, 0.717) is 24.9 Å². The number of carbonyl (C=O) groups is 2. The molecule has 110 valence electrons. The van der Waals surface area contributed by atoms with Crippen LogP contribution in [0.1, 0.15) is 46.0 Å². The van der Waals surface area contributed by atoms with Crippen LogP contribution in [0.4, 0.5) is 0 Å². The lowest BCUT2D eigenvalue weighted by atomic mass is 9.94. The van der Waals surface area contributed by atoms with Crippen molar-refractivity contribution in [1.82, 2.24) is 10.6 Å². The molecule has 0 aromatic rings. The smallest absolute Gasteiger partial charge is 0.303 e. The molecule has 1 aliphatic heterocycles. The van der Waals surface area contributed by atoms with Crippen LogP contribution in [0.25, 0.3) is 0 Å². The fourth-order valence-electron chi connectivity index (χ4n) is 2.64. The molecule has 0 spiro atoms. The van der Waals surface area contributed by atoms with Gasteiger partial charge in [0.05, 0.1) is 0 Å². The third kappa shape index (κ3) is 7.15. The summed E-state index contributed by atoms with van der Waals surface area (Å²) in [5.41, 5.74) is 0. The summed E-state index contributed by atoms with van der Waals surface area (Å²) in [6, 6.07) is 0.294. The fourth-order valence-corrected chi connectivity index (χ4v) is 2.64. The first kappa shape index (κ1) is 16.0. The van der Waals surface area contributed by atoms with Gasteiger partial charge in [-0.2, -0.15) is 0 Å². The van der Waals surface area contributed by atoms with Crippen molar-refractivity contribution < 1.29 is 14.7 Å². The van der Waals surface area contributed by atoms with E-state index in [0.717, 1.165) is 25.8 Å². The van der Waals surface area contributed by atoms with E-state index in [9.17, 15) is 9.59 Å². The maximum atomic E-state index is 11.8. The number of aliphatic carboxylic acids is 1. The molecule has 1 amide bonds. The first-order valence-corrected chi connectivity index (χ1v) is 7.19. The van der Waals surface area contributed by atoms with E-state index in [2.05, 4.69) is 24.5 Å². The van der Waals surface area contributed by atoms with Gasteiger partial charge >= 0.3 is 5.97 Å². The lowest BCUT2D eigenvalue weighted by Gasteiger charge is -2.18. The van der Waals surface area contributed by atoms with Gasteiger partial charge in [0, 0.05) is 25.4 Å². The number of hydrogen-bond acceptors (Lipinski definition) is 3. The third-order valence-corrected chi connectivity index (χ3v) is 3.45. The number of carbonyl (C=O) groups excluding carboxylic acids is 1. The summed E-state index contributed by atoms with van der Waals surface area (Å²) in [7, 11) is 0. The Labute approximate surface area is 115 Å². The van der Waals surface area contributed by atoms with E-state index in [-0.39, 0.29) is 18.2 Å². The van der Waals surface area contributed by atoms with Gasteiger partial charge in [-0.1, -0.05) is 13.8 Å². The maximum absolute atomic E-state index is 11.8. The number of nitrogens with one attached hydrogen (secondary N) is 2. The summed E-state index contributed by atoms with van der Waals surface area (Å²) in [6.45, 7) is 5.60. The van der Waals surface area contributed by atoms with Gasteiger partial charge in [0.25, 0.3) is 0 Å². The van der Waals surface area contributed by atoms with Crippen molar-refractivity contribution in [1.29, 1.82) is 0 Å². The highest BCUT2D eigenvalue weighted by atomic mass is 16.4. The first-order valence-electron chi connectivity index (χ1n) is 7.19. The second-order valence-electron chi connectivity index (χ2n) is 5.89. The van der Waals surface area contributed by atoms with Crippen LogP contribution in [-0.4, -0.2) is 36.1 Å². The van der Waals surface area contributed by atoms with Gasteiger partial charge in [-0.3, -0.25) is 9.59 Å². The Balaban J connectivity index is 2.28. The Bertz CT molecular complexity index is 299. The molecule has 3 N–H and O–H groups in total. The Kier molecular flexibility index (Phi) is 6.84. The molecule has 0 aliphatic carbocycles. The van der Waals surface area contributed by atoms with E-state index in [4.69, 9.17) is 5.11 Å². The molecule has 0 aromatic heterocycles. The lowest BCUT2D eigenvalue weighted by molar-refractivity contribution is -0.138. The van der Waals surface area contributed by atoms with Crippen LogP contribution in [0.15, 0.2) is 0 Å². The maximum Gasteiger partial charge on any atom is 0.303 e. The molecule has 0 bridgehead atoms. The van der Waals surface area contributed by atoms with E-state index in [1.54, 1.807) is 0 Å². The largest absolute Gasteiger partial charge is 0.481 e. The average Bonchev–Trinajstić information content (AvgIpc) is 2.77. The normalized spacial score (nSPS) is 20.5. The average molecular weight is 270 g/mol. The molecular formula is C14H26N2O3.